The molecule has 9 nitrogen and oxygen atoms in total. The number of rotatable bonds is 9. The molecule has 0 radical (unpaired) electrons. The quantitative estimate of drug-likeness (QED) is 0.248. The maximum atomic E-state index is 12.3. The standard InChI is InChI=1S/C20H29NO8/c1-19(2)27-11-20(3,12-28-19)18(24)26-9-8-25-7-6-21-17(23)16-13(10-22)14-4-5-15(16)29-14/h4-5,10,13-16H,6-9,11-12H2,1-3H3,(H,21,23)/t13-,14?,15?,16-/m1/s1. The summed E-state index contributed by atoms with van der Waals surface area (Å²) in [7, 11) is 0. The second kappa shape index (κ2) is 8.91. The smallest absolute Gasteiger partial charge is 0.316 e. The monoisotopic (exact) mass is 411 g/mol. The van der Waals surface area contributed by atoms with Crippen molar-refractivity contribution in [1.82, 2.24) is 5.32 Å². The molecule has 2 fully saturated rings. The van der Waals surface area contributed by atoms with E-state index in [0.29, 0.717) is 6.54 Å². The van der Waals surface area contributed by atoms with Crippen LogP contribution in [0.25, 0.3) is 0 Å². The number of ether oxygens (including phenoxy) is 5. The summed E-state index contributed by atoms with van der Waals surface area (Å²) in [6.45, 7) is 6.67. The third-order valence-corrected chi connectivity index (χ3v) is 5.39. The minimum atomic E-state index is -0.838. The Morgan fingerprint density at radius 3 is 2.48 bits per heavy atom. The highest BCUT2D eigenvalue weighted by Gasteiger charge is 2.49. The van der Waals surface area contributed by atoms with Gasteiger partial charge in [-0.2, -0.15) is 0 Å². The zero-order valence-corrected chi connectivity index (χ0v) is 17.1. The van der Waals surface area contributed by atoms with Crippen LogP contribution in [0.4, 0.5) is 0 Å². The van der Waals surface area contributed by atoms with Gasteiger partial charge in [-0.25, -0.2) is 0 Å². The topological polar surface area (TPSA) is 109 Å². The first-order valence-corrected chi connectivity index (χ1v) is 9.85. The first-order valence-electron chi connectivity index (χ1n) is 9.85. The number of hydrogen-bond donors (Lipinski definition) is 1. The maximum absolute atomic E-state index is 12.3. The van der Waals surface area contributed by atoms with Crippen LogP contribution >= 0.6 is 0 Å². The van der Waals surface area contributed by atoms with Gasteiger partial charge in [-0.3, -0.25) is 9.59 Å². The van der Waals surface area contributed by atoms with Gasteiger partial charge >= 0.3 is 5.97 Å². The van der Waals surface area contributed by atoms with Gasteiger partial charge in [0.2, 0.25) is 5.91 Å². The van der Waals surface area contributed by atoms with Crippen LogP contribution in [0.3, 0.4) is 0 Å². The van der Waals surface area contributed by atoms with Crippen molar-refractivity contribution in [3.63, 3.8) is 0 Å². The predicted molar refractivity (Wildman–Crippen MR) is 99.7 cm³/mol. The first kappa shape index (κ1) is 21.9. The molecular weight excluding hydrogens is 382 g/mol. The van der Waals surface area contributed by atoms with Gasteiger partial charge in [-0.1, -0.05) is 12.2 Å². The van der Waals surface area contributed by atoms with Crippen LogP contribution < -0.4 is 5.32 Å². The number of amides is 1. The molecule has 162 valence electrons. The van der Waals surface area contributed by atoms with E-state index >= 15 is 0 Å². The van der Waals surface area contributed by atoms with Crippen LogP contribution in [0.5, 0.6) is 0 Å². The van der Waals surface area contributed by atoms with Crippen LogP contribution in [0.1, 0.15) is 20.8 Å². The van der Waals surface area contributed by atoms with Crippen molar-refractivity contribution in [3.8, 4) is 0 Å². The van der Waals surface area contributed by atoms with Crippen molar-refractivity contribution in [3.05, 3.63) is 12.2 Å². The van der Waals surface area contributed by atoms with Gasteiger partial charge in [-0.05, 0) is 20.8 Å². The molecule has 2 saturated heterocycles. The second-order valence-corrected chi connectivity index (χ2v) is 8.27. The molecule has 2 unspecified atom stereocenters. The fourth-order valence-corrected chi connectivity index (χ4v) is 3.53. The molecule has 3 aliphatic rings. The van der Waals surface area contributed by atoms with E-state index in [0.717, 1.165) is 6.29 Å². The molecule has 0 aromatic rings. The van der Waals surface area contributed by atoms with Gasteiger partial charge < -0.3 is 33.8 Å². The minimum absolute atomic E-state index is 0.101. The molecule has 3 heterocycles. The molecule has 3 aliphatic heterocycles. The summed E-state index contributed by atoms with van der Waals surface area (Å²) in [5.74, 6) is -2.24. The largest absolute Gasteiger partial charge is 0.463 e. The van der Waals surface area contributed by atoms with Crippen LogP contribution in [-0.2, 0) is 38.1 Å². The van der Waals surface area contributed by atoms with E-state index in [1.807, 2.05) is 12.2 Å². The predicted octanol–water partition coefficient (Wildman–Crippen LogP) is 0.220. The second-order valence-electron chi connectivity index (χ2n) is 8.27. The van der Waals surface area contributed by atoms with E-state index in [1.54, 1.807) is 20.8 Å². The van der Waals surface area contributed by atoms with Crippen LogP contribution in [0, 0.1) is 17.3 Å². The number of fused-ring (bicyclic) bond motifs is 2. The molecule has 9 heteroatoms. The number of aldehydes is 1. The molecule has 1 amide bonds. The van der Waals surface area contributed by atoms with Gasteiger partial charge in [0.25, 0.3) is 0 Å². The maximum Gasteiger partial charge on any atom is 0.316 e. The molecule has 0 aromatic heterocycles. The van der Waals surface area contributed by atoms with Gasteiger partial charge in [0.1, 0.15) is 18.3 Å². The number of esters is 1. The molecule has 4 atom stereocenters. The molecule has 2 bridgehead atoms. The Labute approximate surface area is 170 Å². The number of nitrogens with one attached hydrogen (secondary N) is 1. The fraction of sp³-hybridized carbons (Fsp3) is 0.750. The number of carbonyl (C=O) groups excluding carboxylic acids is 3. The lowest BCUT2D eigenvalue weighted by atomic mass is 9.83. The Kier molecular flexibility index (Phi) is 6.72. The highest BCUT2D eigenvalue weighted by Crippen LogP contribution is 2.38. The Morgan fingerprint density at radius 1 is 1.10 bits per heavy atom. The highest BCUT2D eigenvalue weighted by molar-refractivity contribution is 5.84. The third-order valence-electron chi connectivity index (χ3n) is 5.39. The van der Waals surface area contributed by atoms with Crippen molar-refractivity contribution in [1.29, 1.82) is 0 Å². The van der Waals surface area contributed by atoms with Crippen molar-refractivity contribution in [2.45, 2.75) is 38.8 Å². The van der Waals surface area contributed by atoms with Gasteiger partial charge in [0.05, 0.1) is 50.5 Å². The van der Waals surface area contributed by atoms with E-state index in [9.17, 15) is 14.4 Å². The van der Waals surface area contributed by atoms with E-state index in [-0.39, 0.29) is 51.1 Å². The summed E-state index contributed by atoms with van der Waals surface area (Å²) in [5, 5.41) is 2.76. The van der Waals surface area contributed by atoms with Crippen molar-refractivity contribution in [2.24, 2.45) is 17.3 Å². The van der Waals surface area contributed by atoms with Gasteiger partial charge in [-0.15, -0.1) is 0 Å². The van der Waals surface area contributed by atoms with Gasteiger partial charge in [0.15, 0.2) is 5.79 Å². The number of hydrogen-bond acceptors (Lipinski definition) is 8. The summed E-state index contributed by atoms with van der Waals surface area (Å²) in [5.41, 5.74) is -0.838. The Bertz CT molecular complexity index is 651. The third kappa shape index (κ3) is 5.03. The lowest BCUT2D eigenvalue weighted by Crippen LogP contribution is -2.49. The summed E-state index contributed by atoms with van der Waals surface area (Å²) in [6.07, 6.45) is 3.80. The summed E-state index contributed by atoms with van der Waals surface area (Å²) >= 11 is 0. The molecule has 29 heavy (non-hydrogen) atoms. The van der Waals surface area contributed by atoms with Crippen molar-refractivity contribution < 1.29 is 38.1 Å². The van der Waals surface area contributed by atoms with Crippen molar-refractivity contribution >= 4 is 18.2 Å². The van der Waals surface area contributed by atoms with Gasteiger partial charge in [0, 0.05) is 6.54 Å². The molecule has 1 N–H and O–H groups in total. The van der Waals surface area contributed by atoms with Crippen LogP contribution in [-0.4, -0.2) is 75.7 Å². The molecule has 0 aromatic carbocycles. The molecule has 0 aliphatic carbocycles. The first-order chi connectivity index (χ1) is 13.8. The average Bonchev–Trinajstić information content (AvgIpc) is 3.30. The lowest BCUT2D eigenvalue weighted by Gasteiger charge is -2.39. The molecular formula is C20H29NO8. The molecule has 0 saturated carbocycles. The van der Waals surface area contributed by atoms with Crippen molar-refractivity contribution in [2.75, 3.05) is 39.6 Å². The Morgan fingerprint density at radius 2 is 1.79 bits per heavy atom. The highest BCUT2D eigenvalue weighted by atomic mass is 16.7. The van der Waals surface area contributed by atoms with Crippen LogP contribution in [0.2, 0.25) is 0 Å². The normalized spacial score (nSPS) is 31.4. The average molecular weight is 411 g/mol. The van der Waals surface area contributed by atoms with E-state index in [2.05, 4.69) is 5.32 Å². The lowest BCUT2D eigenvalue weighted by molar-refractivity contribution is -0.281. The summed E-state index contributed by atoms with van der Waals surface area (Å²) in [6, 6.07) is 0. The minimum Gasteiger partial charge on any atom is -0.463 e. The molecule has 0 spiro atoms. The number of carbonyl (C=O) groups is 3. The Balaban J connectivity index is 1.27. The Hall–Kier alpha value is -1.81. The summed E-state index contributed by atoms with van der Waals surface area (Å²) < 4.78 is 27.3. The SMILES string of the molecule is CC1(C)OCC(C)(C(=O)OCCOCCNC(=O)[C@H]2C3C=CC(O3)[C@H]2C=O)CO1. The zero-order valence-electron chi connectivity index (χ0n) is 17.1. The van der Waals surface area contributed by atoms with E-state index in [1.165, 1.54) is 0 Å². The van der Waals surface area contributed by atoms with E-state index in [4.69, 9.17) is 23.7 Å². The molecule has 3 rings (SSSR count). The summed E-state index contributed by atoms with van der Waals surface area (Å²) in [4.78, 5) is 35.8. The van der Waals surface area contributed by atoms with E-state index < -0.39 is 29.0 Å². The zero-order chi connectivity index (χ0) is 21.1. The van der Waals surface area contributed by atoms with Crippen LogP contribution in [0.15, 0.2) is 12.2 Å². The fourth-order valence-electron chi connectivity index (χ4n) is 3.53.